The second-order valence-electron chi connectivity index (χ2n) is 9.36. The molecule has 4 aliphatic carbocycles. The Morgan fingerprint density at radius 2 is 1.46 bits per heavy atom. The average molecular weight is 399 g/mol. The van der Waals surface area contributed by atoms with Gasteiger partial charge in [0.05, 0.1) is 0 Å². The molecule has 1 nitrogen and oxygen atoms in total. The Balaban J connectivity index is 1.34. The largest absolute Gasteiger partial charge is 0.486 e. The van der Waals surface area contributed by atoms with Crippen LogP contribution in [0.4, 0.5) is 4.39 Å². The molecule has 2 aromatic carbocycles. The lowest BCUT2D eigenvalue weighted by Gasteiger charge is -2.57. The van der Waals surface area contributed by atoms with Gasteiger partial charge >= 0.3 is 0 Å². The molecule has 0 heterocycles. The fourth-order valence-electron chi connectivity index (χ4n) is 6.59. The van der Waals surface area contributed by atoms with E-state index in [4.69, 9.17) is 16.3 Å². The maximum Gasteiger partial charge on any atom is 0.125 e. The number of halogens is 2. The van der Waals surface area contributed by atoms with Gasteiger partial charge in [0.25, 0.3) is 0 Å². The van der Waals surface area contributed by atoms with E-state index in [1.54, 1.807) is 12.1 Å². The zero-order valence-electron chi connectivity index (χ0n) is 16.2. The molecule has 4 fully saturated rings. The Kier molecular flexibility index (Phi) is 4.87. The molecule has 4 aliphatic rings. The van der Waals surface area contributed by atoms with Crippen molar-refractivity contribution < 1.29 is 9.13 Å². The number of alkyl halides is 1. The van der Waals surface area contributed by atoms with Crippen molar-refractivity contribution in [1.82, 2.24) is 0 Å². The minimum absolute atomic E-state index is 0.150. The van der Waals surface area contributed by atoms with Gasteiger partial charge in [-0.05, 0) is 97.1 Å². The highest BCUT2D eigenvalue weighted by Crippen LogP contribution is 2.60. The Hall–Kier alpha value is -1.54. The SMILES string of the molecule is Fc1ccc([C@@H](CCCl)Oc2ccc(C34CC5CC(CC(C5)C3)C4)cc2)cc1. The van der Waals surface area contributed by atoms with Crippen molar-refractivity contribution in [1.29, 1.82) is 0 Å². The molecule has 4 bridgehead atoms. The van der Waals surface area contributed by atoms with Gasteiger partial charge in [-0.2, -0.15) is 0 Å². The molecule has 2 aromatic rings. The zero-order chi connectivity index (χ0) is 19.1. The van der Waals surface area contributed by atoms with Crippen LogP contribution in [0.1, 0.15) is 62.2 Å². The molecule has 4 saturated carbocycles. The first-order chi connectivity index (χ1) is 13.6. The highest BCUT2D eigenvalue weighted by atomic mass is 35.5. The van der Waals surface area contributed by atoms with E-state index in [2.05, 4.69) is 24.3 Å². The van der Waals surface area contributed by atoms with Crippen molar-refractivity contribution in [2.24, 2.45) is 17.8 Å². The van der Waals surface area contributed by atoms with Gasteiger partial charge < -0.3 is 4.74 Å². The van der Waals surface area contributed by atoms with Gasteiger partial charge in [-0.25, -0.2) is 4.39 Å². The fraction of sp³-hybridized carbons (Fsp3) is 0.520. The van der Waals surface area contributed by atoms with Crippen molar-refractivity contribution >= 4 is 11.6 Å². The summed E-state index contributed by atoms with van der Waals surface area (Å²) in [6.45, 7) is 0. The molecule has 6 rings (SSSR count). The third-order valence-electron chi connectivity index (χ3n) is 7.40. The monoisotopic (exact) mass is 398 g/mol. The molecule has 0 saturated heterocycles. The van der Waals surface area contributed by atoms with Crippen LogP contribution in [0.2, 0.25) is 0 Å². The van der Waals surface area contributed by atoms with Crippen LogP contribution in [0.15, 0.2) is 48.5 Å². The summed E-state index contributed by atoms with van der Waals surface area (Å²) in [5, 5.41) is 0. The maximum atomic E-state index is 13.2. The number of ether oxygens (including phenoxy) is 1. The molecule has 3 heteroatoms. The van der Waals surface area contributed by atoms with Gasteiger partial charge in [0.2, 0.25) is 0 Å². The summed E-state index contributed by atoms with van der Waals surface area (Å²) in [6, 6.07) is 15.4. The minimum Gasteiger partial charge on any atom is -0.486 e. The first kappa shape index (κ1) is 18.5. The first-order valence-electron chi connectivity index (χ1n) is 10.7. The van der Waals surface area contributed by atoms with Gasteiger partial charge in [0, 0.05) is 12.3 Å². The molecule has 0 N–H and O–H groups in total. The molecule has 0 spiro atoms. The molecule has 28 heavy (non-hydrogen) atoms. The third-order valence-corrected chi connectivity index (χ3v) is 7.61. The van der Waals surface area contributed by atoms with Gasteiger partial charge in [-0.1, -0.05) is 24.3 Å². The summed E-state index contributed by atoms with van der Waals surface area (Å²) < 4.78 is 19.5. The van der Waals surface area contributed by atoms with Crippen LogP contribution < -0.4 is 4.74 Å². The summed E-state index contributed by atoms with van der Waals surface area (Å²) >= 11 is 5.99. The topological polar surface area (TPSA) is 9.23 Å². The molecule has 0 radical (unpaired) electrons. The maximum absolute atomic E-state index is 13.2. The van der Waals surface area contributed by atoms with Crippen molar-refractivity contribution in [2.45, 2.75) is 56.5 Å². The van der Waals surface area contributed by atoms with Crippen LogP contribution >= 0.6 is 11.6 Å². The minimum atomic E-state index is -0.228. The molecule has 0 aliphatic heterocycles. The van der Waals surface area contributed by atoms with Gasteiger partial charge in [-0.15, -0.1) is 11.6 Å². The summed E-state index contributed by atoms with van der Waals surface area (Å²) in [7, 11) is 0. The number of hydrogen-bond donors (Lipinski definition) is 0. The normalized spacial score (nSPS) is 31.7. The van der Waals surface area contributed by atoms with E-state index >= 15 is 0 Å². The van der Waals surface area contributed by atoms with Crippen molar-refractivity contribution in [2.75, 3.05) is 5.88 Å². The van der Waals surface area contributed by atoms with Crippen molar-refractivity contribution in [3.8, 4) is 5.75 Å². The lowest BCUT2D eigenvalue weighted by molar-refractivity contribution is -0.00521. The van der Waals surface area contributed by atoms with Crippen molar-refractivity contribution in [3.63, 3.8) is 0 Å². The van der Waals surface area contributed by atoms with E-state index in [0.29, 0.717) is 17.7 Å². The highest BCUT2D eigenvalue weighted by Gasteiger charge is 2.51. The molecular formula is C25H28ClFO. The predicted molar refractivity (Wildman–Crippen MR) is 111 cm³/mol. The molecule has 0 aromatic heterocycles. The van der Waals surface area contributed by atoms with E-state index in [-0.39, 0.29) is 11.9 Å². The number of rotatable bonds is 6. The Bertz CT molecular complexity index is 778. The van der Waals surface area contributed by atoms with Crippen LogP contribution in [0.25, 0.3) is 0 Å². The van der Waals surface area contributed by atoms with Crippen LogP contribution in [0.3, 0.4) is 0 Å². The Morgan fingerprint density at radius 1 is 0.893 bits per heavy atom. The van der Waals surface area contributed by atoms with E-state index < -0.39 is 0 Å². The smallest absolute Gasteiger partial charge is 0.125 e. The van der Waals surface area contributed by atoms with Crippen LogP contribution in [-0.4, -0.2) is 5.88 Å². The fourth-order valence-corrected chi connectivity index (χ4v) is 6.78. The lowest BCUT2D eigenvalue weighted by Crippen LogP contribution is -2.48. The summed E-state index contributed by atoms with van der Waals surface area (Å²) in [4.78, 5) is 0. The van der Waals surface area contributed by atoms with Crippen LogP contribution in [-0.2, 0) is 5.41 Å². The molecular weight excluding hydrogens is 371 g/mol. The first-order valence-corrected chi connectivity index (χ1v) is 11.3. The van der Waals surface area contributed by atoms with E-state index in [9.17, 15) is 4.39 Å². The van der Waals surface area contributed by atoms with E-state index in [1.165, 1.54) is 56.2 Å². The van der Waals surface area contributed by atoms with Gasteiger partial charge in [-0.3, -0.25) is 0 Å². The van der Waals surface area contributed by atoms with Crippen LogP contribution in [0, 0.1) is 23.6 Å². The highest BCUT2D eigenvalue weighted by molar-refractivity contribution is 6.17. The number of hydrogen-bond acceptors (Lipinski definition) is 1. The molecule has 148 valence electrons. The third kappa shape index (κ3) is 3.45. The average Bonchev–Trinajstić information content (AvgIpc) is 2.68. The quantitative estimate of drug-likeness (QED) is 0.474. The van der Waals surface area contributed by atoms with Crippen LogP contribution in [0.5, 0.6) is 5.75 Å². The van der Waals surface area contributed by atoms with E-state index in [0.717, 1.165) is 29.1 Å². The number of benzene rings is 2. The summed E-state index contributed by atoms with van der Waals surface area (Å²) in [6.07, 6.45) is 9.10. The lowest BCUT2D eigenvalue weighted by atomic mass is 9.48. The Morgan fingerprint density at radius 3 is 2.00 bits per heavy atom. The predicted octanol–water partition coefficient (Wildman–Crippen LogP) is 7.04. The Labute approximate surface area is 172 Å². The second kappa shape index (κ2) is 7.37. The molecule has 1 atom stereocenters. The molecule has 0 amide bonds. The van der Waals surface area contributed by atoms with Crippen molar-refractivity contribution in [3.05, 3.63) is 65.5 Å². The van der Waals surface area contributed by atoms with Gasteiger partial charge in [0.1, 0.15) is 17.7 Å². The summed E-state index contributed by atoms with van der Waals surface area (Å²) in [5.41, 5.74) is 2.89. The standard InChI is InChI=1S/C25H28ClFO/c26-10-9-24(20-1-5-22(27)6-2-20)28-23-7-3-21(4-8-23)25-14-17-11-18(15-25)13-19(12-17)16-25/h1-8,17-19,24H,9-16H2/t17?,18?,19?,24-,25?/m1/s1. The van der Waals surface area contributed by atoms with Gasteiger partial charge in [0.15, 0.2) is 0 Å². The van der Waals surface area contributed by atoms with E-state index in [1.807, 2.05) is 0 Å². The molecule has 0 unspecified atom stereocenters. The zero-order valence-corrected chi connectivity index (χ0v) is 17.0. The second-order valence-corrected chi connectivity index (χ2v) is 9.74. The summed E-state index contributed by atoms with van der Waals surface area (Å²) in [5.74, 6) is 4.01.